The monoisotopic (exact) mass is 335 g/mol. The van der Waals surface area contributed by atoms with E-state index in [1.165, 1.54) is 50.9 Å². The second-order valence-electron chi connectivity index (χ2n) is 7.17. The van der Waals surface area contributed by atoms with Crippen LogP contribution in [-0.4, -0.2) is 13.6 Å². The van der Waals surface area contributed by atoms with Crippen LogP contribution in [0.25, 0.3) is 11.1 Å². The van der Waals surface area contributed by atoms with Gasteiger partial charge < -0.3 is 5.32 Å². The Kier molecular flexibility index (Phi) is 7.01. The molecule has 0 saturated carbocycles. The molecule has 1 N–H and O–H groups in total. The van der Waals surface area contributed by atoms with Crippen LogP contribution in [0.1, 0.15) is 48.1 Å². The Morgan fingerprint density at radius 3 is 2.36 bits per heavy atom. The molecule has 2 aromatic rings. The molecule has 0 spiro atoms. The maximum atomic E-state index is 3.23. The molecule has 0 aliphatic rings. The van der Waals surface area contributed by atoms with Gasteiger partial charge in [0.1, 0.15) is 0 Å². The van der Waals surface area contributed by atoms with Gasteiger partial charge in [-0.15, -0.1) is 0 Å². The number of likely N-dealkylation sites (N-methyl/N-ethyl adjacent to an activating group) is 1. The highest BCUT2D eigenvalue weighted by Crippen LogP contribution is 2.33. The van der Waals surface area contributed by atoms with Crippen molar-refractivity contribution in [1.82, 2.24) is 5.32 Å². The van der Waals surface area contributed by atoms with Crippen molar-refractivity contribution in [3.05, 3.63) is 69.8 Å². The van der Waals surface area contributed by atoms with Crippen molar-refractivity contribution >= 4 is 0 Å². The van der Waals surface area contributed by atoms with Gasteiger partial charge in [-0.25, -0.2) is 0 Å². The molecule has 0 heterocycles. The Balaban J connectivity index is 2.50. The van der Waals surface area contributed by atoms with Crippen LogP contribution < -0.4 is 5.32 Å². The number of rotatable bonds is 7. The zero-order chi connectivity index (χ0) is 18.4. The van der Waals surface area contributed by atoms with Crippen molar-refractivity contribution in [1.29, 1.82) is 0 Å². The van der Waals surface area contributed by atoms with E-state index < -0.39 is 0 Å². The summed E-state index contributed by atoms with van der Waals surface area (Å²) in [7, 11) is 2.00. The molecule has 0 atom stereocenters. The van der Waals surface area contributed by atoms with E-state index in [9.17, 15) is 0 Å². The van der Waals surface area contributed by atoms with Crippen LogP contribution >= 0.6 is 0 Å². The number of hydrogen-bond donors (Lipinski definition) is 1. The van der Waals surface area contributed by atoms with Crippen LogP contribution in [0.4, 0.5) is 0 Å². The summed E-state index contributed by atoms with van der Waals surface area (Å²) in [6.45, 7) is 12.2. The van der Waals surface area contributed by atoms with Crippen molar-refractivity contribution in [2.24, 2.45) is 0 Å². The molecule has 0 radical (unpaired) electrons. The molecule has 0 bridgehead atoms. The molecule has 1 nitrogen and oxygen atoms in total. The van der Waals surface area contributed by atoms with Gasteiger partial charge in [0.2, 0.25) is 0 Å². The second kappa shape index (κ2) is 9.01. The molecular formula is C24H33N. The van der Waals surface area contributed by atoms with Gasteiger partial charge in [0.25, 0.3) is 0 Å². The van der Waals surface area contributed by atoms with E-state index in [1.54, 1.807) is 0 Å². The van der Waals surface area contributed by atoms with Crippen molar-refractivity contribution in [2.45, 2.75) is 53.9 Å². The van der Waals surface area contributed by atoms with E-state index >= 15 is 0 Å². The van der Waals surface area contributed by atoms with E-state index in [-0.39, 0.29) is 0 Å². The molecule has 2 aromatic carbocycles. The van der Waals surface area contributed by atoms with Crippen LogP contribution in [0.5, 0.6) is 0 Å². The van der Waals surface area contributed by atoms with E-state index in [1.807, 2.05) is 7.05 Å². The third kappa shape index (κ3) is 4.61. The fourth-order valence-corrected chi connectivity index (χ4v) is 3.66. The summed E-state index contributed by atoms with van der Waals surface area (Å²) in [4.78, 5) is 0. The van der Waals surface area contributed by atoms with Crippen molar-refractivity contribution < 1.29 is 0 Å². The Morgan fingerprint density at radius 1 is 0.960 bits per heavy atom. The highest BCUT2D eigenvalue weighted by molar-refractivity contribution is 5.73. The smallest absolute Gasteiger partial charge is 0.0158 e. The van der Waals surface area contributed by atoms with Gasteiger partial charge in [-0.05, 0) is 86.5 Å². The summed E-state index contributed by atoms with van der Waals surface area (Å²) in [5.41, 5.74) is 11.4. The van der Waals surface area contributed by atoms with Gasteiger partial charge >= 0.3 is 0 Å². The zero-order valence-electron chi connectivity index (χ0n) is 16.8. The first-order valence-corrected chi connectivity index (χ1v) is 9.47. The number of benzene rings is 2. The van der Waals surface area contributed by atoms with Gasteiger partial charge in [-0.3, -0.25) is 0 Å². The SMILES string of the molecule is CCCc1c(C)cccc1-c1ccc(C)c(C/C=C(/C)CNC)c1C. The summed E-state index contributed by atoms with van der Waals surface area (Å²) >= 11 is 0. The van der Waals surface area contributed by atoms with E-state index in [4.69, 9.17) is 0 Å². The van der Waals surface area contributed by atoms with Crippen LogP contribution in [0, 0.1) is 20.8 Å². The third-order valence-corrected chi connectivity index (χ3v) is 5.14. The lowest BCUT2D eigenvalue weighted by Gasteiger charge is -2.18. The molecule has 0 unspecified atom stereocenters. The maximum Gasteiger partial charge on any atom is 0.0158 e. The van der Waals surface area contributed by atoms with Gasteiger partial charge in [0, 0.05) is 6.54 Å². The van der Waals surface area contributed by atoms with E-state index in [2.05, 4.69) is 76.3 Å². The lowest BCUT2D eigenvalue weighted by molar-refractivity contribution is 0.874. The summed E-state index contributed by atoms with van der Waals surface area (Å²) in [6, 6.07) is 11.3. The minimum Gasteiger partial charge on any atom is -0.316 e. The first-order chi connectivity index (χ1) is 12.0. The van der Waals surface area contributed by atoms with Gasteiger partial charge in [0.15, 0.2) is 0 Å². The Labute approximate surface area is 154 Å². The van der Waals surface area contributed by atoms with Gasteiger partial charge in [-0.1, -0.05) is 55.3 Å². The summed E-state index contributed by atoms with van der Waals surface area (Å²) in [5.74, 6) is 0. The molecule has 1 heteroatoms. The fraction of sp³-hybridized carbons (Fsp3) is 0.417. The number of hydrogen-bond acceptors (Lipinski definition) is 1. The second-order valence-corrected chi connectivity index (χ2v) is 7.17. The van der Waals surface area contributed by atoms with Crippen LogP contribution in [0.2, 0.25) is 0 Å². The molecule has 2 rings (SSSR count). The molecule has 0 saturated heterocycles. The first kappa shape index (κ1) is 19.5. The van der Waals surface area contributed by atoms with Crippen LogP contribution in [0.15, 0.2) is 42.0 Å². The number of aryl methyl sites for hydroxylation is 2. The minimum atomic E-state index is 0.955. The van der Waals surface area contributed by atoms with Gasteiger partial charge in [-0.2, -0.15) is 0 Å². The largest absolute Gasteiger partial charge is 0.316 e. The average molecular weight is 336 g/mol. The Hall–Kier alpha value is -1.86. The number of nitrogens with one attached hydrogen (secondary N) is 1. The molecule has 0 aliphatic heterocycles. The van der Waals surface area contributed by atoms with E-state index in [0.29, 0.717) is 0 Å². The predicted octanol–water partition coefficient (Wildman–Crippen LogP) is 5.94. The predicted molar refractivity (Wildman–Crippen MR) is 111 cm³/mol. The van der Waals surface area contributed by atoms with Crippen molar-refractivity contribution in [3.63, 3.8) is 0 Å². The van der Waals surface area contributed by atoms with Crippen molar-refractivity contribution in [2.75, 3.05) is 13.6 Å². The molecule has 0 amide bonds. The molecule has 0 aliphatic carbocycles. The molecule has 134 valence electrons. The summed E-state index contributed by atoms with van der Waals surface area (Å²) in [6.07, 6.45) is 5.69. The minimum absolute atomic E-state index is 0.955. The van der Waals surface area contributed by atoms with E-state index in [0.717, 1.165) is 19.4 Å². The third-order valence-electron chi connectivity index (χ3n) is 5.14. The Bertz CT molecular complexity index is 753. The topological polar surface area (TPSA) is 12.0 Å². The van der Waals surface area contributed by atoms with Crippen molar-refractivity contribution in [3.8, 4) is 11.1 Å². The van der Waals surface area contributed by atoms with Crippen LogP contribution in [-0.2, 0) is 12.8 Å². The molecule has 0 aromatic heterocycles. The maximum absolute atomic E-state index is 3.23. The molecule has 0 fully saturated rings. The number of allylic oxidation sites excluding steroid dienone is 1. The first-order valence-electron chi connectivity index (χ1n) is 9.47. The molecule has 25 heavy (non-hydrogen) atoms. The molecular weight excluding hydrogens is 302 g/mol. The quantitative estimate of drug-likeness (QED) is 0.617. The van der Waals surface area contributed by atoms with Crippen LogP contribution in [0.3, 0.4) is 0 Å². The normalized spacial score (nSPS) is 11.8. The lowest BCUT2D eigenvalue weighted by atomic mass is 9.87. The standard InChI is InChI=1S/C24H33N/c1-7-9-22-18(3)10-8-11-24(22)23-15-13-19(4)21(20(23)5)14-12-17(2)16-25-6/h8,10-13,15,25H,7,9,14,16H2,1-6H3/b17-12-. The Morgan fingerprint density at radius 2 is 1.68 bits per heavy atom. The fourth-order valence-electron chi connectivity index (χ4n) is 3.66. The highest BCUT2D eigenvalue weighted by atomic mass is 14.8. The average Bonchev–Trinajstić information content (AvgIpc) is 2.57. The van der Waals surface area contributed by atoms with Gasteiger partial charge in [0.05, 0.1) is 0 Å². The summed E-state index contributed by atoms with van der Waals surface area (Å²) < 4.78 is 0. The zero-order valence-corrected chi connectivity index (χ0v) is 16.8. The summed E-state index contributed by atoms with van der Waals surface area (Å²) in [5, 5.41) is 3.23. The highest BCUT2D eigenvalue weighted by Gasteiger charge is 2.12. The lowest BCUT2D eigenvalue weighted by Crippen LogP contribution is -2.09.